The zero-order valence-corrected chi connectivity index (χ0v) is 18.5. The van der Waals surface area contributed by atoms with E-state index < -0.39 is 0 Å². The van der Waals surface area contributed by atoms with Gasteiger partial charge in [-0.15, -0.1) is 0 Å². The molecule has 1 aliphatic heterocycles. The topological polar surface area (TPSA) is 87.3 Å². The molecule has 0 spiro atoms. The lowest BCUT2D eigenvalue weighted by Gasteiger charge is -2.35. The van der Waals surface area contributed by atoms with Crippen molar-refractivity contribution in [3.05, 3.63) is 74.3 Å². The summed E-state index contributed by atoms with van der Waals surface area (Å²) in [6.07, 6.45) is 2.31. The molecule has 6 heteroatoms. The van der Waals surface area contributed by atoms with Crippen LogP contribution in [-0.2, 0) is 19.4 Å². The first-order chi connectivity index (χ1) is 14.8. The first-order valence-electron chi connectivity index (χ1n) is 10.8. The van der Waals surface area contributed by atoms with Gasteiger partial charge in [0.25, 0.3) is 0 Å². The number of aromatic amines is 2. The summed E-state index contributed by atoms with van der Waals surface area (Å²) in [5, 5.41) is 9.85. The number of H-pyrrole nitrogens is 2. The quantitative estimate of drug-likeness (QED) is 0.546. The predicted molar refractivity (Wildman–Crippen MR) is 120 cm³/mol. The second kappa shape index (κ2) is 8.53. The van der Waals surface area contributed by atoms with Crippen LogP contribution >= 0.6 is 0 Å². The number of imidazole rings is 1. The van der Waals surface area contributed by atoms with Gasteiger partial charge in [-0.2, -0.15) is 0 Å². The average molecular weight is 423 g/mol. The second-order valence-corrected chi connectivity index (χ2v) is 8.52. The number of aryl methyl sites for hydroxylation is 1. The summed E-state index contributed by atoms with van der Waals surface area (Å²) in [6, 6.07) is 10.2. The zero-order chi connectivity index (χ0) is 22.1. The van der Waals surface area contributed by atoms with E-state index in [2.05, 4.69) is 49.8 Å². The molecule has 2 atom stereocenters. The molecule has 4 rings (SSSR count). The second-order valence-electron chi connectivity index (χ2n) is 8.52. The Balaban J connectivity index is 1.57. The summed E-state index contributed by atoms with van der Waals surface area (Å²) in [7, 11) is 0. The van der Waals surface area contributed by atoms with Gasteiger partial charge in [0.05, 0.1) is 11.8 Å². The molecule has 1 aliphatic rings. The Morgan fingerprint density at radius 2 is 1.84 bits per heavy atom. The largest absolute Gasteiger partial charge is 0.493 e. The summed E-state index contributed by atoms with van der Waals surface area (Å²) in [5.74, 6) is 2.11. The van der Waals surface area contributed by atoms with E-state index in [-0.39, 0.29) is 23.6 Å². The number of rotatable bonds is 6. The molecule has 2 aromatic carbocycles. The number of benzene rings is 2. The zero-order valence-electron chi connectivity index (χ0n) is 18.5. The van der Waals surface area contributed by atoms with Gasteiger partial charge in [0.15, 0.2) is 0 Å². The van der Waals surface area contributed by atoms with E-state index in [4.69, 9.17) is 9.47 Å². The Kier molecular flexibility index (Phi) is 5.81. The maximum absolute atomic E-state index is 11.4. The molecule has 2 heterocycles. The summed E-state index contributed by atoms with van der Waals surface area (Å²) in [5.41, 5.74) is 5.87. The van der Waals surface area contributed by atoms with Crippen molar-refractivity contribution < 1.29 is 14.6 Å². The third-order valence-electron chi connectivity index (χ3n) is 6.52. The van der Waals surface area contributed by atoms with Gasteiger partial charge in [0.2, 0.25) is 5.88 Å². The highest BCUT2D eigenvalue weighted by atomic mass is 16.5. The number of hydrogen-bond donors (Lipinski definition) is 3. The Bertz CT molecular complexity index is 1130. The van der Waals surface area contributed by atoms with Gasteiger partial charge in [-0.3, -0.25) is 4.98 Å². The smallest absolute Gasteiger partial charge is 0.325 e. The molecule has 6 nitrogen and oxygen atoms in total. The Hall–Kier alpha value is -3.15. The van der Waals surface area contributed by atoms with Crippen LogP contribution in [-0.4, -0.2) is 21.2 Å². The maximum atomic E-state index is 11.4. The molecule has 0 saturated heterocycles. The lowest BCUT2D eigenvalue weighted by molar-refractivity contribution is 0.121. The van der Waals surface area contributed by atoms with E-state index in [1.165, 1.54) is 5.56 Å². The van der Waals surface area contributed by atoms with Crippen LogP contribution < -0.4 is 15.2 Å². The van der Waals surface area contributed by atoms with Crippen LogP contribution in [0.5, 0.6) is 17.4 Å². The molecular formula is C25H30N2O4. The standard InChI is InChI=1S/C25H30N2O4/c1-14-15(2)23-20(16(3)22(14)30-13-18-8-6-5-7-9-18)12-19(17(4)31-23)10-11-21-24(28)27-25(29)26-21/h5-9,17,19,28H,10-13H2,1-4H3,(H2,26,27,29). The normalized spacial score (nSPS) is 17.8. The number of fused-ring (bicyclic) bond motifs is 1. The van der Waals surface area contributed by atoms with Crippen LogP contribution in [0.25, 0.3) is 0 Å². The molecule has 0 radical (unpaired) electrons. The van der Waals surface area contributed by atoms with Crippen molar-refractivity contribution >= 4 is 0 Å². The SMILES string of the molecule is Cc1c(C)c2c(c(C)c1OCc1ccccc1)CC(CCc1[nH]c(=O)[nH]c1O)C(C)O2. The lowest BCUT2D eigenvalue weighted by Crippen LogP contribution is -2.32. The fourth-order valence-electron chi connectivity index (χ4n) is 4.48. The van der Waals surface area contributed by atoms with E-state index in [9.17, 15) is 9.90 Å². The minimum absolute atomic E-state index is 0.0499. The number of hydrogen-bond acceptors (Lipinski definition) is 4. The van der Waals surface area contributed by atoms with Crippen molar-refractivity contribution in [3.63, 3.8) is 0 Å². The monoisotopic (exact) mass is 422 g/mol. The summed E-state index contributed by atoms with van der Waals surface area (Å²) < 4.78 is 12.7. The van der Waals surface area contributed by atoms with Gasteiger partial charge in [-0.05, 0) is 69.2 Å². The third-order valence-corrected chi connectivity index (χ3v) is 6.52. The first kappa shape index (κ1) is 21.1. The van der Waals surface area contributed by atoms with Gasteiger partial charge in [0.1, 0.15) is 18.1 Å². The summed E-state index contributed by atoms with van der Waals surface area (Å²) >= 11 is 0. The number of aromatic hydroxyl groups is 1. The molecule has 0 saturated carbocycles. The van der Waals surface area contributed by atoms with Crippen molar-refractivity contribution in [3.8, 4) is 17.4 Å². The predicted octanol–water partition coefficient (Wildman–Crippen LogP) is 4.49. The minimum atomic E-state index is -0.382. The van der Waals surface area contributed by atoms with E-state index in [0.717, 1.165) is 46.6 Å². The van der Waals surface area contributed by atoms with Crippen molar-refractivity contribution in [1.82, 2.24) is 9.97 Å². The molecule has 0 aliphatic carbocycles. The maximum Gasteiger partial charge on any atom is 0.325 e. The van der Waals surface area contributed by atoms with E-state index >= 15 is 0 Å². The van der Waals surface area contributed by atoms with Crippen LogP contribution in [0.2, 0.25) is 0 Å². The Morgan fingerprint density at radius 1 is 1.10 bits per heavy atom. The molecule has 0 fully saturated rings. The number of ether oxygens (including phenoxy) is 2. The molecule has 0 bridgehead atoms. The van der Waals surface area contributed by atoms with Crippen LogP contribution in [0.1, 0.15) is 46.9 Å². The molecule has 1 aromatic heterocycles. The highest BCUT2D eigenvalue weighted by molar-refractivity contribution is 5.59. The molecular weight excluding hydrogens is 392 g/mol. The van der Waals surface area contributed by atoms with Crippen LogP contribution in [0.4, 0.5) is 0 Å². The van der Waals surface area contributed by atoms with Crippen LogP contribution in [0, 0.1) is 26.7 Å². The van der Waals surface area contributed by atoms with Crippen molar-refractivity contribution in [2.75, 3.05) is 0 Å². The van der Waals surface area contributed by atoms with Crippen LogP contribution in [0.3, 0.4) is 0 Å². The fraction of sp³-hybridized carbons (Fsp3) is 0.400. The van der Waals surface area contributed by atoms with Gasteiger partial charge in [-0.25, -0.2) is 4.79 Å². The minimum Gasteiger partial charge on any atom is -0.493 e. The van der Waals surface area contributed by atoms with E-state index in [0.29, 0.717) is 18.7 Å². The summed E-state index contributed by atoms with van der Waals surface area (Å²) in [6.45, 7) is 8.92. The van der Waals surface area contributed by atoms with E-state index in [1.807, 2.05) is 18.2 Å². The highest BCUT2D eigenvalue weighted by Gasteiger charge is 2.31. The Morgan fingerprint density at radius 3 is 2.52 bits per heavy atom. The average Bonchev–Trinajstić information content (AvgIpc) is 3.08. The van der Waals surface area contributed by atoms with E-state index in [1.54, 1.807) is 0 Å². The molecule has 3 N–H and O–H groups in total. The molecule has 0 amide bonds. The van der Waals surface area contributed by atoms with Gasteiger partial charge < -0.3 is 19.6 Å². The number of nitrogens with one attached hydrogen (secondary N) is 2. The van der Waals surface area contributed by atoms with Crippen molar-refractivity contribution in [2.45, 2.75) is 59.7 Å². The Labute approximate surface area is 182 Å². The highest BCUT2D eigenvalue weighted by Crippen LogP contribution is 2.43. The fourth-order valence-corrected chi connectivity index (χ4v) is 4.48. The van der Waals surface area contributed by atoms with Gasteiger partial charge >= 0.3 is 5.69 Å². The van der Waals surface area contributed by atoms with Gasteiger partial charge in [0, 0.05) is 11.5 Å². The molecule has 2 unspecified atom stereocenters. The van der Waals surface area contributed by atoms with Crippen molar-refractivity contribution in [2.24, 2.45) is 5.92 Å². The molecule has 31 heavy (non-hydrogen) atoms. The van der Waals surface area contributed by atoms with Crippen LogP contribution in [0.15, 0.2) is 35.1 Å². The molecule has 3 aromatic rings. The third kappa shape index (κ3) is 4.20. The summed E-state index contributed by atoms with van der Waals surface area (Å²) in [4.78, 5) is 16.4. The first-order valence-corrected chi connectivity index (χ1v) is 10.8. The van der Waals surface area contributed by atoms with Gasteiger partial charge in [-0.1, -0.05) is 30.3 Å². The lowest BCUT2D eigenvalue weighted by atomic mass is 9.83. The number of aromatic nitrogens is 2. The molecule has 164 valence electrons. The van der Waals surface area contributed by atoms with Crippen molar-refractivity contribution in [1.29, 1.82) is 0 Å².